The van der Waals surface area contributed by atoms with Gasteiger partial charge in [0, 0.05) is 29.2 Å². The quantitative estimate of drug-likeness (QED) is 0.895. The van der Waals surface area contributed by atoms with Crippen molar-refractivity contribution in [1.29, 1.82) is 0 Å². The Balaban J connectivity index is 2.01. The molecule has 3 nitrogen and oxygen atoms in total. The summed E-state index contributed by atoms with van der Waals surface area (Å²) < 4.78 is 14.0. The van der Waals surface area contributed by atoms with Crippen molar-refractivity contribution in [3.63, 3.8) is 0 Å². The third-order valence-corrected chi connectivity index (χ3v) is 4.19. The second-order valence-electron chi connectivity index (χ2n) is 5.98. The first-order chi connectivity index (χ1) is 9.95. The summed E-state index contributed by atoms with van der Waals surface area (Å²) in [5, 5.41) is 3.43. The predicted molar refractivity (Wildman–Crippen MR) is 85.9 cm³/mol. The summed E-state index contributed by atoms with van der Waals surface area (Å²) in [7, 11) is 0. The van der Waals surface area contributed by atoms with Crippen molar-refractivity contribution in [2.24, 2.45) is 5.92 Å². The van der Waals surface area contributed by atoms with Gasteiger partial charge >= 0.3 is 0 Å². The molecule has 0 spiro atoms. The van der Waals surface area contributed by atoms with E-state index in [2.05, 4.69) is 35.1 Å². The smallest absolute Gasteiger partial charge is 0.254 e. The number of rotatable bonds is 4. The molecule has 5 heteroatoms. The highest BCUT2D eigenvalue weighted by Crippen LogP contribution is 2.21. The Morgan fingerprint density at radius 3 is 2.90 bits per heavy atom. The summed E-state index contributed by atoms with van der Waals surface area (Å²) in [5.41, 5.74) is 0.416. The average molecular weight is 357 g/mol. The number of carbonyl (C=O) groups excluding carboxylic acids is 1. The number of halogens is 2. The van der Waals surface area contributed by atoms with E-state index in [-0.39, 0.29) is 11.7 Å². The number of amides is 1. The molecule has 0 aliphatic carbocycles. The van der Waals surface area contributed by atoms with Crippen LogP contribution in [-0.4, -0.2) is 36.5 Å². The van der Waals surface area contributed by atoms with Gasteiger partial charge in [0.1, 0.15) is 5.82 Å². The molecule has 1 aliphatic rings. The first-order valence-corrected chi connectivity index (χ1v) is 8.23. The van der Waals surface area contributed by atoms with Gasteiger partial charge in [-0.1, -0.05) is 29.8 Å². The van der Waals surface area contributed by atoms with Crippen LogP contribution < -0.4 is 5.32 Å². The standard InChI is InChI=1S/C16H22BrFN2O/c1-11(2)19-9-12-4-3-5-20(10-12)16(21)13-6-14(17)8-15(18)7-13/h6-8,11-12,19H,3-5,9-10H2,1-2H3. The van der Waals surface area contributed by atoms with Crippen molar-refractivity contribution in [2.45, 2.75) is 32.7 Å². The summed E-state index contributed by atoms with van der Waals surface area (Å²) in [6.45, 7) is 6.66. The third-order valence-electron chi connectivity index (χ3n) is 3.73. The summed E-state index contributed by atoms with van der Waals surface area (Å²) in [5.74, 6) is 0.00862. The molecule has 0 aromatic heterocycles. The number of benzene rings is 1. The summed E-state index contributed by atoms with van der Waals surface area (Å²) in [6, 6.07) is 4.81. The minimum atomic E-state index is -0.386. The van der Waals surface area contributed by atoms with Gasteiger partial charge in [-0.15, -0.1) is 0 Å². The Morgan fingerprint density at radius 2 is 2.24 bits per heavy atom. The second-order valence-corrected chi connectivity index (χ2v) is 6.90. The molecular formula is C16H22BrFN2O. The molecule has 1 fully saturated rings. The maximum Gasteiger partial charge on any atom is 0.254 e. The van der Waals surface area contributed by atoms with Crippen molar-refractivity contribution in [1.82, 2.24) is 10.2 Å². The van der Waals surface area contributed by atoms with Gasteiger partial charge in [0.05, 0.1) is 0 Å². The fraction of sp³-hybridized carbons (Fsp3) is 0.562. The number of hydrogen-bond acceptors (Lipinski definition) is 2. The Labute approximate surface area is 134 Å². The van der Waals surface area contributed by atoms with Crippen LogP contribution in [0.2, 0.25) is 0 Å². The van der Waals surface area contributed by atoms with Crippen LogP contribution in [0.3, 0.4) is 0 Å². The van der Waals surface area contributed by atoms with E-state index in [4.69, 9.17) is 0 Å². The van der Waals surface area contributed by atoms with Gasteiger partial charge in [0.2, 0.25) is 0 Å². The van der Waals surface area contributed by atoms with Gasteiger partial charge in [-0.3, -0.25) is 4.79 Å². The van der Waals surface area contributed by atoms with Crippen LogP contribution >= 0.6 is 15.9 Å². The molecule has 21 heavy (non-hydrogen) atoms. The lowest BCUT2D eigenvalue weighted by Crippen LogP contribution is -2.43. The van der Waals surface area contributed by atoms with E-state index in [1.807, 2.05) is 4.90 Å². The minimum absolute atomic E-state index is 0.0792. The maximum atomic E-state index is 13.4. The van der Waals surface area contributed by atoms with Crippen LogP contribution in [0.4, 0.5) is 4.39 Å². The van der Waals surface area contributed by atoms with Gasteiger partial charge in [-0.2, -0.15) is 0 Å². The molecule has 1 aliphatic heterocycles. The summed E-state index contributed by atoms with van der Waals surface area (Å²) in [6.07, 6.45) is 2.14. The highest BCUT2D eigenvalue weighted by atomic mass is 79.9. The van der Waals surface area contributed by atoms with E-state index in [1.165, 1.54) is 12.1 Å². The molecule has 1 atom stereocenters. The predicted octanol–water partition coefficient (Wildman–Crippen LogP) is 3.44. The van der Waals surface area contributed by atoms with Crippen LogP contribution in [0.5, 0.6) is 0 Å². The monoisotopic (exact) mass is 356 g/mol. The lowest BCUT2D eigenvalue weighted by Gasteiger charge is -2.33. The van der Waals surface area contributed by atoms with Crippen molar-refractivity contribution in [2.75, 3.05) is 19.6 Å². The fourth-order valence-corrected chi connectivity index (χ4v) is 3.14. The maximum absolute atomic E-state index is 13.4. The fourth-order valence-electron chi connectivity index (χ4n) is 2.68. The number of nitrogens with one attached hydrogen (secondary N) is 1. The molecule has 2 rings (SSSR count). The Morgan fingerprint density at radius 1 is 1.48 bits per heavy atom. The van der Waals surface area contributed by atoms with Crippen LogP contribution in [0.1, 0.15) is 37.0 Å². The van der Waals surface area contributed by atoms with E-state index < -0.39 is 0 Å². The van der Waals surface area contributed by atoms with Crippen LogP contribution in [0.25, 0.3) is 0 Å². The Hall–Kier alpha value is -0.940. The van der Waals surface area contributed by atoms with Crippen molar-refractivity contribution >= 4 is 21.8 Å². The number of hydrogen-bond donors (Lipinski definition) is 1. The van der Waals surface area contributed by atoms with E-state index in [0.29, 0.717) is 22.0 Å². The molecular weight excluding hydrogens is 335 g/mol. The van der Waals surface area contributed by atoms with Crippen LogP contribution in [0.15, 0.2) is 22.7 Å². The molecule has 1 aromatic carbocycles. The normalized spacial score (nSPS) is 19.1. The third kappa shape index (κ3) is 4.78. The molecule has 1 saturated heterocycles. The average Bonchev–Trinajstić information content (AvgIpc) is 2.43. The van der Waals surface area contributed by atoms with Crippen LogP contribution in [0, 0.1) is 11.7 Å². The van der Waals surface area contributed by atoms with Crippen molar-refractivity contribution in [3.05, 3.63) is 34.1 Å². The zero-order valence-corrected chi connectivity index (χ0v) is 14.1. The lowest BCUT2D eigenvalue weighted by molar-refractivity contribution is 0.0671. The van der Waals surface area contributed by atoms with Gasteiger partial charge in [0.25, 0.3) is 5.91 Å². The van der Waals surface area contributed by atoms with Crippen molar-refractivity contribution < 1.29 is 9.18 Å². The molecule has 0 saturated carbocycles. The zero-order valence-electron chi connectivity index (χ0n) is 12.5. The zero-order chi connectivity index (χ0) is 15.4. The number of piperidine rings is 1. The van der Waals surface area contributed by atoms with Crippen molar-refractivity contribution in [3.8, 4) is 0 Å². The molecule has 1 unspecified atom stereocenters. The molecule has 1 amide bonds. The summed E-state index contributed by atoms with van der Waals surface area (Å²) in [4.78, 5) is 14.4. The number of nitrogens with zero attached hydrogens (tertiary/aromatic N) is 1. The highest BCUT2D eigenvalue weighted by Gasteiger charge is 2.24. The van der Waals surface area contributed by atoms with E-state index in [0.717, 1.165) is 32.5 Å². The SMILES string of the molecule is CC(C)NCC1CCCN(C(=O)c2cc(F)cc(Br)c2)C1. The largest absolute Gasteiger partial charge is 0.338 e. The van der Waals surface area contributed by atoms with E-state index >= 15 is 0 Å². The lowest BCUT2D eigenvalue weighted by atomic mass is 9.97. The van der Waals surface area contributed by atoms with Gasteiger partial charge in [-0.25, -0.2) is 4.39 Å². The van der Waals surface area contributed by atoms with Crippen LogP contribution in [-0.2, 0) is 0 Å². The second kappa shape index (κ2) is 7.36. The minimum Gasteiger partial charge on any atom is -0.338 e. The Bertz CT molecular complexity index is 487. The van der Waals surface area contributed by atoms with Gasteiger partial charge in [0.15, 0.2) is 0 Å². The first kappa shape index (κ1) is 16.4. The van der Waals surface area contributed by atoms with E-state index in [1.54, 1.807) is 6.07 Å². The Kier molecular flexibility index (Phi) is 5.76. The number of carbonyl (C=O) groups is 1. The van der Waals surface area contributed by atoms with Gasteiger partial charge in [-0.05, 0) is 43.5 Å². The molecule has 116 valence electrons. The topological polar surface area (TPSA) is 32.3 Å². The summed E-state index contributed by atoms with van der Waals surface area (Å²) >= 11 is 3.24. The highest BCUT2D eigenvalue weighted by molar-refractivity contribution is 9.10. The number of likely N-dealkylation sites (tertiary alicyclic amines) is 1. The molecule has 1 heterocycles. The molecule has 0 bridgehead atoms. The molecule has 1 aromatic rings. The molecule has 1 N–H and O–H groups in total. The van der Waals surface area contributed by atoms with Gasteiger partial charge < -0.3 is 10.2 Å². The first-order valence-electron chi connectivity index (χ1n) is 7.44. The van der Waals surface area contributed by atoms with E-state index in [9.17, 15) is 9.18 Å². The molecule has 0 radical (unpaired) electrons.